The lowest BCUT2D eigenvalue weighted by Gasteiger charge is -2.18. The molecule has 0 saturated heterocycles. The van der Waals surface area contributed by atoms with Gasteiger partial charge in [0.1, 0.15) is 0 Å². The summed E-state index contributed by atoms with van der Waals surface area (Å²) in [7, 11) is 1.96. The van der Waals surface area contributed by atoms with Gasteiger partial charge in [0.15, 0.2) is 0 Å². The van der Waals surface area contributed by atoms with Crippen LogP contribution in [0.2, 0.25) is 5.02 Å². The number of carbonyl (C=O) groups excluding carboxylic acids is 1. The lowest BCUT2D eigenvalue weighted by molar-refractivity contribution is -0.122. The second kappa shape index (κ2) is 8.14. The van der Waals surface area contributed by atoms with E-state index < -0.39 is 0 Å². The zero-order valence-electron chi connectivity index (χ0n) is 13.9. The zero-order chi connectivity index (χ0) is 16.8. The van der Waals surface area contributed by atoms with Gasteiger partial charge in [-0.25, -0.2) is 0 Å². The quantitative estimate of drug-likeness (QED) is 0.875. The van der Waals surface area contributed by atoms with Crippen molar-refractivity contribution >= 4 is 17.5 Å². The number of nitrogens with one attached hydrogen (secondary N) is 1. The van der Waals surface area contributed by atoms with E-state index in [1.54, 1.807) is 0 Å². The SMILES string of the molecule is Cc1ccc(CN(C)CC(=O)NCc2cccc(Cl)c2)c(C)c1. The molecular weight excluding hydrogens is 308 g/mol. The number of hydrogen-bond acceptors (Lipinski definition) is 2. The molecule has 0 fully saturated rings. The van der Waals surface area contributed by atoms with Crippen molar-refractivity contribution in [1.29, 1.82) is 0 Å². The van der Waals surface area contributed by atoms with Gasteiger partial charge < -0.3 is 5.32 Å². The molecule has 0 saturated carbocycles. The van der Waals surface area contributed by atoms with Gasteiger partial charge in [-0.15, -0.1) is 0 Å². The number of aryl methyl sites for hydroxylation is 2. The minimum absolute atomic E-state index is 0.0113. The van der Waals surface area contributed by atoms with Gasteiger partial charge in [0.05, 0.1) is 6.54 Å². The predicted octanol–water partition coefficient (Wildman–Crippen LogP) is 3.71. The topological polar surface area (TPSA) is 32.3 Å². The Labute approximate surface area is 143 Å². The molecule has 0 aliphatic rings. The van der Waals surface area contributed by atoms with E-state index in [0.717, 1.165) is 12.1 Å². The van der Waals surface area contributed by atoms with E-state index in [2.05, 4.69) is 37.4 Å². The van der Waals surface area contributed by atoms with Crippen molar-refractivity contribution in [1.82, 2.24) is 10.2 Å². The highest BCUT2D eigenvalue weighted by molar-refractivity contribution is 6.30. The van der Waals surface area contributed by atoms with Gasteiger partial charge in [-0.1, -0.05) is 47.5 Å². The Hall–Kier alpha value is -1.84. The fourth-order valence-electron chi connectivity index (χ4n) is 2.52. The second-order valence-corrected chi connectivity index (χ2v) is 6.45. The van der Waals surface area contributed by atoms with Crippen LogP contribution in [0, 0.1) is 13.8 Å². The van der Waals surface area contributed by atoms with Crippen LogP contribution in [-0.4, -0.2) is 24.4 Å². The summed E-state index contributed by atoms with van der Waals surface area (Å²) in [5.74, 6) is 0.0113. The van der Waals surface area contributed by atoms with Crippen molar-refractivity contribution in [2.45, 2.75) is 26.9 Å². The Morgan fingerprint density at radius 2 is 1.96 bits per heavy atom. The summed E-state index contributed by atoms with van der Waals surface area (Å²) in [6, 6.07) is 13.9. The molecule has 0 aromatic heterocycles. The Morgan fingerprint density at radius 3 is 2.65 bits per heavy atom. The Balaban J connectivity index is 1.82. The lowest BCUT2D eigenvalue weighted by atomic mass is 10.1. The van der Waals surface area contributed by atoms with Crippen LogP contribution in [0.1, 0.15) is 22.3 Å². The van der Waals surface area contributed by atoms with Crippen LogP contribution >= 0.6 is 11.6 Å². The maximum absolute atomic E-state index is 12.1. The number of carbonyl (C=O) groups is 1. The van der Waals surface area contributed by atoms with Crippen molar-refractivity contribution < 1.29 is 4.79 Å². The molecule has 122 valence electrons. The molecule has 0 heterocycles. The molecule has 0 atom stereocenters. The van der Waals surface area contributed by atoms with Gasteiger partial charge in [0.2, 0.25) is 5.91 Å². The molecule has 0 bridgehead atoms. The standard InChI is InChI=1S/C19H23ClN2O/c1-14-7-8-17(15(2)9-14)12-22(3)13-19(23)21-11-16-5-4-6-18(20)10-16/h4-10H,11-13H2,1-3H3,(H,21,23). The summed E-state index contributed by atoms with van der Waals surface area (Å²) in [5.41, 5.74) is 4.77. The van der Waals surface area contributed by atoms with Crippen LogP contribution in [0.4, 0.5) is 0 Å². The summed E-state index contributed by atoms with van der Waals surface area (Å²) in [6.45, 7) is 5.82. The molecule has 0 unspecified atom stereocenters. The number of halogens is 1. The van der Waals surface area contributed by atoms with Gasteiger partial charge in [0, 0.05) is 18.1 Å². The monoisotopic (exact) mass is 330 g/mol. The first-order valence-corrected chi connectivity index (χ1v) is 8.07. The number of rotatable bonds is 6. The first-order chi connectivity index (χ1) is 10.9. The maximum atomic E-state index is 12.1. The Bertz CT molecular complexity index is 685. The predicted molar refractivity (Wildman–Crippen MR) is 95.5 cm³/mol. The van der Waals surface area contributed by atoms with Crippen LogP contribution < -0.4 is 5.32 Å². The summed E-state index contributed by atoms with van der Waals surface area (Å²) in [5, 5.41) is 3.61. The molecule has 0 aliphatic carbocycles. The van der Waals surface area contributed by atoms with Crippen molar-refractivity contribution in [3.63, 3.8) is 0 Å². The normalized spacial score (nSPS) is 10.8. The fourth-order valence-corrected chi connectivity index (χ4v) is 2.73. The minimum Gasteiger partial charge on any atom is -0.351 e. The third kappa shape index (κ3) is 5.70. The van der Waals surface area contributed by atoms with Crippen LogP contribution in [-0.2, 0) is 17.9 Å². The number of hydrogen-bond donors (Lipinski definition) is 1. The van der Waals surface area contributed by atoms with Gasteiger partial charge in [0.25, 0.3) is 0 Å². The molecule has 0 radical (unpaired) electrons. The molecule has 1 amide bonds. The van der Waals surface area contributed by atoms with Gasteiger partial charge in [-0.3, -0.25) is 9.69 Å². The second-order valence-electron chi connectivity index (χ2n) is 6.01. The number of amides is 1. The molecule has 23 heavy (non-hydrogen) atoms. The van der Waals surface area contributed by atoms with Gasteiger partial charge >= 0.3 is 0 Å². The lowest BCUT2D eigenvalue weighted by Crippen LogP contribution is -2.34. The largest absolute Gasteiger partial charge is 0.351 e. The van der Waals surface area contributed by atoms with Crippen molar-refractivity contribution in [3.8, 4) is 0 Å². The average molecular weight is 331 g/mol. The van der Waals surface area contributed by atoms with E-state index in [1.165, 1.54) is 16.7 Å². The minimum atomic E-state index is 0.0113. The third-order valence-corrected chi connectivity index (χ3v) is 3.97. The van der Waals surface area contributed by atoms with E-state index in [9.17, 15) is 4.79 Å². The van der Waals surface area contributed by atoms with E-state index >= 15 is 0 Å². The molecule has 2 rings (SSSR count). The van der Waals surface area contributed by atoms with E-state index in [-0.39, 0.29) is 5.91 Å². The fraction of sp³-hybridized carbons (Fsp3) is 0.316. The molecule has 2 aromatic rings. The number of likely N-dealkylation sites (N-methyl/N-ethyl adjacent to an activating group) is 1. The first kappa shape index (κ1) is 17.5. The summed E-state index contributed by atoms with van der Waals surface area (Å²) >= 11 is 5.94. The van der Waals surface area contributed by atoms with E-state index in [1.807, 2.05) is 36.2 Å². The van der Waals surface area contributed by atoms with Crippen molar-refractivity contribution in [2.75, 3.05) is 13.6 Å². The van der Waals surface area contributed by atoms with Crippen LogP contribution in [0.15, 0.2) is 42.5 Å². The number of benzene rings is 2. The molecule has 4 heteroatoms. The Kier molecular flexibility index (Phi) is 6.20. The molecule has 0 aliphatic heterocycles. The molecule has 1 N–H and O–H groups in total. The molecule has 2 aromatic carbocycles. The van der Waals surface area contributed by atoms with Crippen molar-refractivity contribution in [3.05, 3.63) is 69.7 Å². The Morgan fingerprint density at radius 1 is 1.17 bits per heavy atom. The smallest absolute Gasteiger partial charge is 0.234 e. The van der Waals surface area contributed by atoms with Crippen molar-refractivity contribution in [2.24, 2.45) is 0 Å². The molecule has 3 nitrogen and oxygen atoms in total. The van der Waals surface area contributed by atoms with Crippen LogP contribution in [0.5, 0.6) is 0 Å². The van der Waals surface area contributed by atoms with Gasteiger partial charge in [-0.05, 0) is 49.7 Å². The van der Waals surface area contributed by atoms with E-state index in [4.69, 9.17) is 11.6 Å². The van der Waals surface area contributed by atoms with E-state index in [0.29, 0.717) is 18.1 Å². The first-order valence-electron chi connectivity index (χ1n) is 7.70. The van der Waals surface area contributed by atoms with Gasteiger partial charge in [-0.2, -0.15) is 0 Å². The average Bonchev–Trinajstić information content (AvgIpc) is 2.48. The highest BCUT2D eigenvalue weighted by atomic mass is 35.5. The molecule has 0 spiro atoms. The summed E-state index contributed by atoms with van der Waals surface area (Å²) in [4.78, 5) is 14.1. The summed E-state index contributed by atoms with van der Waals surface area (Å²) < 4.78 is 0. The zero-order valence-corrected chi connectivity index (χ0v) is 14.7. The highest BCUT2D eigenvalue weighted by Gasteiger charge is 2.08. The van der Waals surface area contributed by atoms with Crippen LogP contribution in [0.3, 0.4) is 0 Å². The maximum Gasteiger partial charge on any atom is 0.234 e. The highest BCUT2D eigenvalue weighted by Crippen LogP contribution is 2.12. The molecular formula is C19H23ClN2O. The van der Waals surface area contributed by atoms with Crippen LogP contribution in [0.25, 0.3) is 0 Å². The summed E-state index contributed by atoms with van der Waals surface area (Å²) in [6.07, 6.45) is 0. The third-order valence-electron chi connectivity index (χ3n) is 3.73. The number of nitrogens with zero attached hydrogens (tertiary/aromatic N) is 1.